The zero-order valence-electron chi connectivity index (χ0n) is 15.7. The Balaban J connectivity index is 0.00000280. The normalized spacial score (nSPS) is 23.6. The standard InChI is InChI=1S/C20H24N2O5.ClH/c1-12-4-3-5-17(21-12)27-11-14-10-16(19(24)18(14)23)22-20(25)13-6-8-15(26-2)9-7-13;/h3-9,14,16,18-19,23-24H,10-11H2,1-2H3,(H,22,25);1H/t14-,16-,18-,19+;/m1./s1. The summed E-state index contributed by atoms with van der Waals surface area (Å²) < 4.78 is 10.7. The summed E-state index contributed by atoms with van der Waals surface area (Å²) in [4.78, 5) is 16.6. The SMILES string of the molecule is COc1ccc(C(=O)N[C@@H]2C[C@H](COc3cccc(C)n3)[C@@H](O)[C@H]2O)cc1.Cl. The molecular formula is C20H25ClN2O5. The van der Waals surface area contributed by atoms with Gasteiger partial charge in [-0.25, -0.2) is 4.98 Å². The lowest BCUT2D eigenvalue weighted by Crippen LogP contribution is -2.43. The Labute approximate surface area is 170 Å². The van der Waals surface area contributed by atoms with Crippen LogP contribution in [0.3, 0.4) is 0 Å². The Hall–Kier alpha value is -2.35. The van der Waals surface area contributed by atoms with Crippen LogP contribution in [0.5, 0.6) is 11.6 Å². The van der Waals surface area contributed by atoms with Gasteiger partial charge in [-0.2, -0.15) is 0 Å². The predicted molar refractivity (Wildman–Crippen MR) is 106 cm³/mol. The van der Waals surface area contributed by atoms with Crippen LogP contribution in [0.2, 0.25) is 0 Å². The minimum Gasteiger partial charge on any atom is -0.497 e. The smallest absolute Gasteiger partial charge is 0.251 e. The second-order valence-electron chi connectivity index (χ2n) is 6.71. The van der Waals surface area contributed by atoms with Crippen LogP contribution in [0.15, 0.2) is 42.5 Å². The molecular weight excluding hydrogens is 384 g/mol. The summed E-state index contributed by atoms with van der Waals surface area (Å²) in [6.07, 6.45) is -1.61. The number of halogens is 1. The number of ether oxygens (including phenoxy) is 2. The number of aliphatic hydroxyl groups is 2. The van der Waals surface area contributed by atoms with Crippen LogP contribution >= 0.6 is 12.4 Å². The minimum absolute atomic E-state index is 0. The lowest BCUT2D eigenvalue weighted by molar-refractivity contribution is 0.00217. The zero-order valence-corrected chi connectivity index (χ0v) is 16.6. The Morgan fingerprint density at radius 1 is 1.18 bits per heavy atom. The van der Waals surface area contributed by atoms with Gasteiger partial charge in [0.05, 0.1) is 25.9 Å². The molecule has 1 saturated carbocycles. The van der Waals surface area contributed by atoms with E-state index in [1.54, 1.807) is 37.4 Å². The molecule has 28 heavy (non-hydrogen) atoms. The number of hydrogen-bond acceptors (Lipinski definition) is 6. The molecule has 0 radical (unpaired) electrons. The van der Waals surface area contributed by atoms with E-state index in [0.717, 1.165) is 5.69 Å². The second-order valence-corrected chi connectivity index (χ2v) is 6.71. The van der Waals surface area contributed by atoms with Gasteiger partial charge in [-0.15, -0.1) is 12.4 Å². The fourth-order valence-electron chi connectivity index (χ4n) is 3.22. The summed E-state index contributed by atoms with van der Waals surface area (Å²) in [5.74, 6) is 0.520. The average Bonchev–Trinajstić information content (AvgIpc) is 2.94. The summed E-state index contributed by atoms with van der Waals surface area (Å²) in [6.45, 7) is 2.08. The van der Waals surface area contributed by atoms with Gasteiger partial charge in [0.2, 0.25) is 5.88 Å². The highest BCUT2D eigenvalue weighted by Gasteiger charge is 2.42. The molecule has 1 heterocycles. The number of benzene rings is 1. The molecule has 3 rings (SSSR count). The van der Waals surface area contributed by atoms with E-state index >= 15 is 0 Å². The van der Waals surface area contributed by atoms with Crippen molar-refractivity contribution >= 4 is 18.3 Å². The first-order chi connectivity index (χ1) is 13.0. The molecule has 7 nitrogen and oxygen atoms in total. The van der Waals surface area contributed by atoms with Crippen LogP contribution in [-0.2, 0) is 0 Å². The van der Waals surface area contributed by atoms with Crippen LogP contribution in [0.4, 0.5) is 0 Å². The lowest BCUT2D eigenvalue weighted by atomic mass is 10.1. The third-order valence-electron chi connectivity index (χ3n) is 4.78. The van der Waals surface area contributed by atoms with Gasteiger partial charge in [0.1, 0.15) is 11.9 Å². The van der Waals surface area contributed by atoms with E-state index in [4.69, 9.17) is 9.47 Å². The molecule has 1 aliphatic rings. The van der Waals surface area contributed by atoms with E-state index in [1.165, 1.54) is 0 Å². The fourth-order valence-corrected chi connectivity index (χ4v) is 3.22. The third-order valence-corrected chi connectivity index (χ3v) is 4.78. The molecule has 1 aliphatic carbocycles. The van der Waals surface area contributed by atoms with Crippen molar-refractivity contribution in [3.05, 3.63) is 53.7 Å². The van der Waals surface area contributed by atoms with E-state index in [9.17, 15) is 15.0 Å². The highest BCUT2D eigenvalue weighted by molar-refractivity contribution is 5.94. The van der Waals surface area contributed by atoms with Crippen LogP contribution in [0.25, 0.3) is 0 Å². The second kappa shape index (κ2) is 9.73. The van der Waals surface area contributed by atoms with Crippen molar-refractivity contribution in [1.82, 2.24) is 10.3 Å². The van der Waals surface area contributed by atoms with E-state index < -0.39 is 18.2 Å². The van der Waals surface area contributed by atoms with Gasteiger partial charge in [-0.1, -0.05) is 6.07 Å². The Kier molecular flexibility index (Phi) is 7.62. The van der Waals surface area contributed by atoms with Gasteiger partial charge in [0, 0.05) is 23.2 Å². The molecule has 0 saturated heterocycles. The van der Waals surface area contributed by atoms with Crippen LogP contribution in [0.1, 0.15) is 22.5 Å². The summed E-state index contributed by atoms with van der Waals surface area (Å²) in [6, 6.07) is 11.6. The maximum Gasteiger partial charge on any atom is 0.251 e. The number of rotatable bonds is 6. The highest BCUT2D eigenvalue weighted by Crippen LogP contribution is 2.28. The summed E-state index contributed by atoms with van der Waals surface area (Å²) in [7, 11) is 1.56. The lowest BCUT2D eigenvalue weighted by Gasteiger charge is -2.18. The van der Waals surface area contributed by atoms with E-state index in [0.29, 0.717) is 23.6 Å². The number of amides is 1. The zero-order chi connectivity index (χ0) is 19.4. The summed E-state index contributed by atoms with van der Waals surface area (Å²) >= 11 is 0. The van der Waals surface area contributed by atoms with E-state index in [1.807, 2.05) is 19.1 Å². The third kappa shape index (κ3) is 5.13. The molecule has 0 bridgehead atoms. The molecule has 1 aromatic carbocycles. The van der Waals surface area contributed by atoms with Crippen molar-refractivity contribution < 1.29 is 24.5 Å². The van der Waals surface area contributed by atoms with Crippen molar-refractivity contribution in [2.45, 2.75) is 31.6 Å². The molecule has 1 fully saturated rings. The fraction of sp³-hybridized carbons (Fsp3) is 0.400. The quantitative estimate of drug-likeness (QED) is 0.673. The van der Waals surface area contributed by atoms with Crippen molar-refractivity contribution in [2.24, 2.45) is 5.92 Å². The van der Waals surface area contributed by atoms with Crippen molar-refractivity contribution in [1.29, 1.82) is 0 Å². The van der Waals surface area contributed by atoms with Crippen molar-refractivity contribution in [3.63, 3.8) is 0 Å². The van der Waals surface area contributed by atoms with Crippen molar-refractivity contribution in [2.75, 3.05) is 13.7 Å². The Bertz CT molecular complexity index is 786. The predicted octanol–water partition coefficient (Wildman–Crippen LogP) is 1.74. The molecule has 1 amide bonds. The number of nitrogens with one attached hydrogen (secondary N) is 1. The summed E-state index contributed by atoms with van der Waals surface area (Å²) in [5, 5.41) is 23.4. The molecule has 3 N–H and O–H groups in total. The van der Waals surface area contributed by atoms with E-state index in [-0.39, 0.29) is 30.8 Å². The molecule has 4 atom stereocenters. The maximum atomic E-state index is 12.4. The highest BCUT2D eigenvalue weighted by atomic mass is 35.5. The number of carbonyl (C=O) groups is 1. The first-order valence-corrected chi connectivity index (χ1v) is 8.85. The van der Waals surface area contributed by atoms with Crippen LogP contribution < -0.4 is 14.8 Å². The van der Waals surface area contributed by atoms with Gasteiger partial charge >= 0.3 is 0 Å². The topological polar surface area (TPSA) is 101 Å². The number of aromatic nitrogens is 1. The average molecular weight is 409 g/mol. The largest absolute Gasteiger partial charge is 0.497 e. The molecule has 152 valence electrons. The van der Waals surface area contributed by atoms with Crippen LogP contribution in [-0.4, -0.2) is 53.1 Å². The number of hydrogen-bond donors (Lipinski definition) is 3. The monoisotopic (exact) mass is 408 g/mol. The number of carbonyl (C=O) groups excluding carboxylic acids is 1. The molecule has 0 aliphatic heterocycles. The molecule has 1 aromatic heterocycles. The molecule has 8 heteroatoms. The molecule has 0 unspecified atom stereocenters. The van der Waals surface area contributed by atoms with Crippen molar-refractivity contribution in [3.8, 4) is 11.6 Å². The van der Waals surface area contributed by atoms with Gasteiger partial charge in [0.25, 0.3) is 5.91 Å². The number of methoxy groups -OCH3 is 1. The van der Waals surface area contributed by atoms with Gasteiger partial charge in [-0.3, -0.25) is 4.79 Å². The first-order valence-electron chi connectivity index (χ1n) is 8.85. The number of nitrogens with zero attached hydrogens (tertiary/aromatic N) is 1. The van der Waals surface area contributed by atoms with Gasteiger partial charge in [-0.05, 0) is 43.7 Å². The number of aryl methyl sites for hydroxylation is 1. The molecule has 2 aromatic rings. The Morgan fingerprint density at radius 3 is 2.54 bits per heavy atom. The van der Waals surface area contributed by atoms with Gasteiger partial charge in [0.15, 0.2) is 0 Å². The summed E-state index contributed by atoms with van der Waals surface area (Å²) in [5.41, 5.74) is 1.30. The van der Waals surface area contributed by atoms with Gasteiger partial charge < -0.3 is 25.0 Å². The number of pyridine rings is 1. The minimum atomic E-state index is -1.05. The maximum absolute atomic E-state index is 12.4. The Morgan fingerprint density at radius 2 is 1.89 bits per heavy atom. The van der Waals surface area contributed by atoms with E-state index in [2.05, 4.69) is 10.3 Å². The first kappa shape index (κ1) is 21.9. The molecule has 0 spiro atoms. The number of aliphatic hydroxyl groups excluding tert-OH is 2. The van der Waals surface area contributed by atoms with Crippen LogP contribution in [0, 0.1) is 12.8 Å².